The summed E-state index contributed by atoms with van der Waals surface area (Å²) in [4.78, 5) is 32.1. The van der Waals surface area contributed by atoms with E-state index in [1.165, 1.54) is 12.1 Å². The molecule has 1 aromatic heterocycles. The normalized spacial score (nSPS) is 18.1. The minimum absolute atomic E-state index is 0.0429. The van der Waals surface area contributed by atoms with Crippen LogP contribution in [0.4, 0.5) is 4.39 Å². The number of hydrogen-bond acceptors (Lipinski definition) is 3. The van der Waals surface area contributed by atoms with E-state index in [0.29, 0.717) is 25.9 Å². The van der Waals surface area contributed by atoms with E-state index in [4.69, 9.17) is 0 Å². The summed E-state index contributed by atoms with van der Waals surface area (Å²) in [6.45, 7) is 0.984. The standard InChI is InChI=1S/C27H28FN3O2/c1-29-26(33)27(17-21-5-2-6-22(15-21)23-7-3-13-30-18-23)12-4-14-31(19-27)25(32)16-20-8-10-24(28)11-9-20/h2-3,5-11,13,15,18H,4,12,14,16-17,19H2,1H3,(H,29,33). The number of piperidine rings is 1. The van der Waals surface area contributed by atoms with Crippen LogP contribution < -0.4 is 5.32 Å². The maximum Gasteiger partial charge on any atom is 0.228 e. The summed E-state index contributed by atoms with van der Waals surface area (Å²) in [5.74, 6) is -0.413. The van der Waals surface area contributed by atoms with Gasteiger partial charge in [0.05, 0.1) is 11.8 Å². The second kappa shape index (κ2) is 9.94. The molecule has 2 aromatic carbocycles. The van der Waals surface area contributed by atoms with Crippen LogP contribution in [0.2, 0.25) is 0 Å². The second-order valence-corrected chi connectivity index (χ2v) is 8.70. The van der Waals surface area contributed by atoms with E-state index in [1.807, 2.05) is 36.5 Å². The summed E-state index contributed by atoms with van der Waals surface area (Å²) in [7, 11) is 1.65. The number of carbonyl (C=O) groups excluding carboxylic acids is 2. The summed E-state index contributed by atoms with van der Waals surface area (Å²) >= 11 is 0. The Morgan fingerprint density at radius 3 is 2.58 bits per heavy atom. The lowest BCUT2D eigenvalue weighted by Crippen LogP contribution is -2.54. The predicted molar refractivity (Wildman–Crippen MR) is 126 cm³/mol. The molecule has 1 N–H and O–H groups in total. The predicted octanol–water partition coefficient (Wildman–Crippen LogP) is 4.03. The van der Waals surface area contributed by atoms with E-state index in [9.17, 15) is 14.0 Å². The van der Waals surface area contributed by atoms with Gasteiger partial charge in [0.15, 0.2) is 0 Å². The first-order valence-electron chi connectivity index (χ1n) is 11.2. The van der Waals surface area contributed by atoms with Crippen LogP contribution in [-0.4, -0.2) is 41.8 Å². The van der Waals surface area contributed by atoms with Gasteiger partial charge in [0.25, 0.3) is 0 Å². The lowest BCUT2D eigenvalue weighted by molar-refractivity contribution is -0.141. The molecule has 1 saturated heterocycles. The lowest BCUT2D eigenvalue weighted by Gasteiger charge is -2.41. The fourth-order valence-corrected chi connectivity index (χ4v) is 4.69. The smallest absolute Gasteiger partial charge is 0.228 e. The topological polar surface area (TPSA) is 62.3 Å². The van der Waals surface area contributed by atoms with Crippen molar-refractivity contribution in [2.75, 3.05) is 20.1 Å². The Morgan fingerprint density at radius 2 is 1.85 bits per heavy atom. The number of pyridine rings is 1. The molecule has 0 spiro atoms. The molecule has 5 nitrogen and oxygen atoms in total. The highest BCUT2D eigenvalue weighted by atomic mass is 19.1. The number of nitrogens with one attached hydrogen (secondary N) is 1. The van der Waals surface area contributed by atoms with Crippen LogP contribution in [-0.2, 0) is 22.4 Å². The minimum Gasteiger partial charge on any atom is -0.359 e. The zero-order chi connectivity index (χ0) is 23.3. The molecule has 0 saturated carbocycles. The van der Waals surface area contributed by atoms with Crippen LogP contribution in [0.1, 0.15) is 24.0 Å². The highest BCUT2D eigenvalue weighted by molar-refractivity contribution is 5.85. The summed E-state index contributed by atoms with van der Waals surface area (Å²) in [6.07, 6.45) is 5.77. The van der Waals surface area contributed by atoms with Crippen LogP contribution in [0.15, 0.2) is 73.1 Å². The number of amides is 2. The van der Waals surface area contributed by atoms with Crippen molar-refractivity contribution in [3.63, 3.8) is 0 Å². The van der Waals surface area contributed by atoms with Crippen molar-refractivity contribution < 1.29 is 14.0 Å². The monoisotopic (exact) mass is 445 g/mol. The van der Waals surface area contributed by atoms with E-state index < -0.39 is 5.41 Å². The molecule has 6 heteroatoms. The van der Waals surface area contributed by atoms with E-state index in [0.717, 1.165) is 28.7 Å². The molecule has 1 unspecified atom stereocenters. The Kier molecular flexibility index (Phi) is 6.82. The number of nitrogens with zero attached hydrogens (tertiary/aromatic N) is 2. The molecule has 2 amide bonds. The highest BCUT2D eigenvalue weighted by Gasteiger charge is 2.43. The maximum absolute atomic E-state index is 13.2. The molecule has 3 aromatic rings. The Bertz CT molecular complexity index is 1120. The first-order chi connectivity index (χ1) is 16.0. The Hall–Kier alpha value is -3.54. The van der Waals surface area contributed by atoms with E-state index in [1.54, 1.807) is 30.3 Å². The van der Waals surface area contributed by atoms with Gasteiger partial charge in [-0.1, -0.05) is 42.5 Å². The molecule has 1 aliphatic rings. The zero-order valence-electron chi connectivity index (χ0n) is 18.8. The number of rotatable bonds is 6. The van der Waals surface area contributed by atoms with Gasteiger partial charge in [0.2, 0.25) is 11.8 Å². The fraction of sp³-hybridized carbons (Fsp3) is 0.296. The van der Waals surface area contributed by atoms with Crippen LogP contribution in [0.25, 0.3) is 11.1 Å². The van der Waals surface area contributed by atoms with Gasteiger partial charge < -0.3 is 10.2 Å². The molecule has 170 valence electrons. The number of benzene rings is 2. The highest BCUT2D eigenvalue weighted by Crippen LogP contribution is 2.35. The number of likely N-dealkylation sites (tertiary alicyclic amines) is 1. The van der Waals surface area contributed by atoms with Gasteiger partial charge in [-0.2, -0.15) is 0 Å². The van der Waals surface area contributed by atoms with Gasteiger partial charge in [-0.3, -0.25) is 14.6 Å². The molecule has 1 atom stereocenters. The van der Waals surface area contributed by atoms with Crippen molar-refractivity contribution in [3.8, 4) is 11.1 Å². The molecule has 33 heavy (non-hydrogen) atoms. The van der Waals surface area contributed by atoms with Crippen LogP contribution >= 0.6 is 0 Å². The third-order valence-corrected chi connectivity index (χ3v) is 6.37. The number of aromatic nitrogens is 1. The SMILES string of the molecule is CNC(=O)C1(Cc2cccc(-c3cccnc3)c2)CCCN(C(=O)Cc2ccc(F)cc2)C1. The Balaban J connectivity index is 1.55. The Morgan fingerprint density at radius 1 is 1.06 bits per heavy atom. The number of halogens is 1. The quantitative estimate of drug-likeness (QED) is 0.623. The average molecular weight is 446 g/mol. The molecule has 4 rings (SSSR count). The summed E-state index contributed by atoms with van der Waals surface area (Å²) in [5, 5.41) is 2.83. The lowest BCUT2D eigenvalue weighted by atomic mass is 9.74. The van der Waals surface area contributed by atoms with Crippen LogP contribution in [0.5, 0.6) is 0 Å². The van der Waals surface area contributed by atoms with Gasteiger partial charge in [-0.15, -0.1) is 0 Å². The molecular formula is C27H28FN3O2. The summed E-state index contributed by atoms with van der Waals surface area (Å²) in [6, 6.07) is 18.1. The first kappa shape index (κ1) is 22.6. The van der Waals surface area contributed by atoms with Gasteiger partial charge in [0.1, 0.15) is 5.82 Å². The van der Waals surface area contributed by atoms with Gasteiger partial charge in [-0.05, 0) is 59.7 Å². The molecule has 0 bridgehead atoms. The molecular weight excluding hydrogens is 417 g/mol. The zero-order valence-corrected chi connectivity index (χ0v) is 18.8. The average Bonchev–Trinajstić information content (AvgIpc) is 2.85. The maximum atomic E-state index is 13.2. The van der Waals surface area contributed by atoms with Crippen LogP contribution in [0, 0.1) is 11.2 Å². The second-order valence-electron chi connectivity index (χ2n) is 8.70. The molecule has 1 aliphatic heterocycles. The Labute approximate surface area is 193 Å². The van der Waals surface area contributed by atoms with Gasteiger partial charge >= 0.3 is 0 Å². The van der Waals surface area contributed by atoms with E-state index in [2.05, 4.69) is 16.4 Å². The van der Waals surface area contributed by atoms with Crippen molar-refractivity contribution in [2.24, 2.45) is 5.41 Å². The van der Waals surface area contributed by atoms with Crippen LogP contribution in [0.3, 0.4) is 0 Å². The molecule has 2 heterocycles. The molecule has 0 aliphatic carbocycles. The van der Waals surface area contributed by atoms with Gasteiger partial charge in [0, 0.05) is 32.5 Å². The third-order valence-electron chi connectivity index (χ3n) is 6.37. The van der Waals surface area contributed by atoms with Crippen molar-refractivity contribution in [1.29, 1.82) is 0 Å². The van der Waals surface area contributed by atoms with Crippen molar-refractivity contribution in [1.82, 2.24) is 15.2 Å². The van der Waals surface area contributed by atoms with Crippen molar-refractivity contribution in [2.45, 2.75) is 25.7 Å². The number of carbonyl (C=O) groups is 2. The fourth-order valence-electron chi connectivity index (χ4n) is 4.69. The van der Waals surface area contributed by atoms with E-state index in [-0.39, 0.29) is 24.1 Å². The van der Waals surface area contributed by atoms with Crippen molar-refractivity contribution in [3.05, 3.63) is 90.0 Å². The molecule has 1 fully saturated rings. The summed E-state index contributed by atoms with van der Waals surface area (Å²) in [5.41, 5.74) is 3.19. The van der Waals surface area contributed by atoms with E-state index >= 15 is 0 Å². The third kappa shape index (κ3) is 5.28. The minimum atomic E-state index is -0.695. The first-order valence-corrected chi connectivity index (χ1v) is 11.2. The van der Waals surface area contributed by atoms with Gasteiger partial charge in [-0.25, -0.2) is 4.39 Å². The van der Waals surface area contributed by atoms with Crippen molar-refractivity contribution >= 4 is 11.8 Å². The summed E-state index contributed by atoms with van der Waals surface area (Å²) < 4.78 is 13.2. The number of hydrogen-bond donors (Lipinski definition) is 1. The largest absolute Gasteiger partial charge is 0.359 e. The molecule has 0 radical (unpaired) electrons.